The smallest absolute Gasteiger partial charge is 0.270 e. The maximum absolute atomic E-state index is 12.8. The van der Waals surface area contributed by atoms with Gasteiger partial charge in [-0.05, 0) is 11.6 Å². The van der Waals surface area contributed by atoms with Crippen LogP contribution in [0.25, 0.3) is 0 Å². The molecular formula is C19H20ClN3O4. The molecule has 1 saturated heterocycles. The molecule has 142 valence electrons. The molecule has 2 aromatic rings. The van der Waals surface area contributed by atoms with Crippen LogP contribution in [0.3, 0.4) is 0 Å². The first kappa shape index (κ1) is 19.3. The maximum atomic E-state index is 12.8. The summed E-state index contributed by atoms with van der Waals surface area (Å²) in [5.74, 6) is -0.439. The number of carbonyl (C=O) groups is 1. The minimum Gasteiger partial charge on any atom is -0.379 e. The number of non-ortho nitro benzene ring substituents is 1. The standard InChI is InChI=1S/C19H20ClN3O4/c20-17-7-6-15(23(25)26)12-16(17)19(24)21-18(14-4-2-1-3-5-14)13-22-8-10-27-11-9-22/h1-7,12,18H,8-11,13H2,(H,21,24). The van der Waals surface area contributed by atoms with Crippen molar-refractivity contribution < 1.29 is 14.5 Å². The molecule has 0 aliphatic carbocycles. The van der Waals surface area contributed by atoms with Crippen molar-refractivity contribution in [3.05, 3.63) is 74.8 Å². The van der Waals surface area contributed by atoms with E-state index < -0.39 is 10.8 Å². The van der Waals surface area contributed by atoms with Crippen LogP contribution in [0.1, 0.15) is 22.0 Å². The van der Waals surface area contributed by atoms with Crippen LogP contribution in [-0.2, 0) is 4.74 Å². The van der Waals surface area contributed by atoms with Gasteiger partial charge < -0.3 is 10.1 Å². The fourth-order valence-corrected chi connectivity index (χ4v) is 3.20. The summed E-state index contributed by atoms with van der Waals surface area (Å²) in [6.07, 6.45) is 0. The van der Waals surface area contributed by atoms with Gasteiger partial charge in [-0.1, -0.05) is 41.9 Å². The molecule has 1 atom stereocenters. The summed E-state index contributed by atoms with van der Waals surface area (Å²) < 4.78 is 5.38. The third kappa shape index (κ3) is 5.03. The Morgan fingerprint density at radius 2 is 1.93 bits per heavy atom. The molecular weight excluding hydrogens is 370 g/mol. The van der Waals surface area contributed by atoms with Gasteiger partial charge in [0.25, 0.3) is 11.6 Å². The summed E-state index contributed by atoms with van der Waals surface area (Å²) in [7, 11) is 0. The number of nitrogens with one attached hydrogen (secondary N) is 1. The maximum Gasteiger partial charge on any atom is 0.270 e. The van der Waals surface area contributed by atoms with Crippen LogP contribution in [0.4, 0.5) is 5.69 Å². The number of carbonyl (C=O) groups excluding carboxylic acids is 1. The number of amides is 1. The second-order valence-corrected chi connectivity index (χ2v) is 6.68. The molecule has 0 spiro atoms. The topological polar surface area (TPSA) is 84.7 Å². The van der Waals surface area contributed by atoms with Gasteiger partial charge in [0.15, 0.2) is 0 Å². The van der Waals surface area contributed by atoms with E-state index in [1.165, 1.54) is 18.2 Å². The van der Waals surface area contributed by atoms with E-state index in [1.807, 2.05) is 30.3 Å². The Balaban J connectivity index is 1.82. The number of nitrogens with zero attached hydrogens (tertiary/aromatic N) is 2. The first-order valence-corrected chi connectivity index (χ1v) is 9.02. The van der Waals surface area contributed by atoms with Gasteiger partial charge in [0, 0.05) is 31.8 Å². The van der Waals surface area contributed by atoms with Crippen molar-refractivity contribution in [2.45, 2.75) is 6.04 Å². The van der Waals surface area contributed by atoms with Crippen LogP contribution in [0.2, 0.25) is 5.02 Å². The lowest BCUT2D eigenvalue weighted by Gasteiger charge is -2.31. The van der Waals surface area contributed by atoms with Gasteiger partial charge in [-0.15, -0.1) is 0 Å². The molecule has 2 aromatic carbocycles. The zero-order chi connectivity index (χ0) is 19.2. The highest BCUT2D eigenvalue weighted by Gasteiger charge is 2.23. The van der Waals surface area contributed by atoms with Gasteiger partial charge in [-0.3, -0.25) is 19.8 Å². The quantitative estimate of drug-likeness (QED) is 0.606. The van der Waals surface area contributed by atoms with Crippen LogP contribution in [0.15, 0.2) is 48.5 Å². The molecule has 1 fully saturated rings. The average Bonchev–Trinajstić information content (AvgIpc) is 2.69. The van der Waals surface area contributed by atoms with Crippen LogP contribution in [-0.4, -0.2) is 48.6 Å². The number of ether oxygens (including phenoxy) is 1. The van der Waals surface area contributed by atoms with Crippen molar-refractivity contribution in [2.75, 3.05) is 32.8 Å². The van der Waals surface area contributed by atoms with Gasteiger partial charge in [0.1, 0.15) is 0 Å². The number of halogens is 1. The average molecular weight is 390 g/mol. The Labute approximate surface area is 162 Å². The Bertz CT molecular complexity index is 810. The SMILES string of the molecule is O=C(NC(CN1CCOCC1)c1ccccc1)c1cc([N+](=O)[O-])ccc1Cl. The fraction of sp³-hybridized carbons (Fsp3) is 0.316. The monoisotopic (exact) mass is 389 g/mol. The van der Waals surface area contributed by atoms with E-state index in [-0.39, 0.29) is 22.3 Å². The molecule has 8 heteroatoms. The number of nitro groups is 1. The molecule has 7 nitrogen and oxygen atoms in total. The highest BCUT2D eigenvalue weighted by molar-refractivity contribution is 6.34. The van der Waals surface area contributed by atoms with E-state index in [4.69, 9.17) is 16.3 Å². The van der Waals surface area contributed by atoms with E-state index in [2.05, 4.69) is 10.2 Å². The number of benzene rings is 2. The Hall–Kier alpha value is -2.48. The summed E-state index contributed by atoms with van der Waals surface area (Å²) >= 11 is 6.11. The first-order chi connectivity index (χ1) is 13.0. The lowest BCUT2D eigenvalue weighted by molar-refractivity contribution is -0.384. The van der Waals surface area contributed by atoms with Gasteiger partial charge in [-0.25, -0.2) is 0 Å². The predicted molar refractivity (Wildman–Crippen MR) is 102 cm³/mol. The number of hydrogen-bond acceptors (Lipinski definition) is 5. The number of hydrogen-bond donors (Lipinski definition) is 1. The molecule has 3 rings (SSSR count). The summed E-state index contributed by atoms with van der Waals surface area (Å²) in [5.41, 5.74) is 0.877. The molecule has 1 unspecified atom stereocenters. The number of nitro benzene ring substituents is 1. The first-order valence-electron chi connectivity index (χ1n) is 8.64. The largest absolute Gasteiger partial charge is 0.379 e. The third-order valence-electron chi connectivity index (χ3n) is 4.46. The summed E-state index contributed by atoms with van der Waals surface area (Å²) in [6.45, 7) is 3.51. The van der Waals surface area contributed by atoms with Crippen molar-refractivity contribution in [2.24, 2.45) is 0 Å². The van der Waals surface area contributed by atoms with Crippen LogP contribution in [0, 0.1) is 10.1 Å². The van der Waals surface area contributed by atoms with Crippen molar-refractivity contribution in [3.63, 3.8) is 0 Å². The lowest BCUT2D eigenvalue weighted by atomic mass is 10.0. The minimum absolute atomic E-state index is 0.0915. The Kier molecular flexibility index (Phi) is 6.39. The zero-order valence-electron chi connectivity index (χ0n) is 14.6. The van der Waals surface area contributed by atoms with Crippen molar-refractivity contribution in [1.29, 1.82) is 0 Å². The van der Waals surface area contributed by atoms with E-state index in [0.717, 1.165) is 18.7 Å². The van der Waals surface area contributed by atoms with Gasteiger partial charge >= 0.3 is 0 Å². The second kappa shape index (κ2) is 8.94. The Morgan fingerprint density at radius 3 is 2.59 bits per heavy atom. The Morgan fingerprint density at radius 1 is 1.22 bits per heavy atom. The van der Waals surface area contributed by atoms with E-state index in [1.54, 1.807) is 0 Å². The van der Waals surface area contributed by atoms with Crippen molar-refractivity contribution in [3.8, 4) is 0 Å². The molecule has 1 N–H and O–H groups in total. The highest BCUT2D eigenvalue weighted by Crippen LogP contribution is 2.23. The van der Waals surface area contributed by atoms with E-state index in [0.29, 0.717) is 19.8 Å². The molecule has 0 saturated carbocycles. The van der Waals surface area contributed by atoms with E-state index >= 15 is 0 Å². The predicted octanol–water partition coefficient (Wildman–Crippen LogP) is 3.05. The fourth-order valence-electron chi connectivity index (χ4n) is 3.00. The summed E-state index contributed by atoms with van der Waals surface area (Å²) in [5, 5.41) is 14.2. The normalized spacial score (nSPS) is 15.9. The van der Waals surface area contributed by atoms with Gasteiger partial charge in [0.2, 0.25) is 0 Å². The van der Waals surface area contributed by atoms with Gasteiger partial charge in [-0.2, -0.15) is 0 Å². The molecule has 0 radical (unpaired) electrons. The second-order valence-electron chi connectivity index (χ2n) is 6.27. The molecule has 27 heavy (non-hydrogen) atoms. The molecule has 1 amide bonds. The number of morpholine rings is 1. The number of rotatable bonds is 6. The summed E-state index contributed by atoms with van der Waals surface area (Å²) in [4.78, 5) is 25.5. The molecule has 1 aliphatic heterocycles. The minimum atomic E-state index is -0.546. The van der Waals surface area contributed by atoms with Crippen LogP contribution < -0.4 is 5.32 Å². The van der Waals surface area contributed by atoms with Gasteiger partial charge in [0.05, 0.1) is 34.8 Å². The summed E-state index contributed by atoms with van der Waals surface area (Å²) in [6, 6.07) is 13.2. The molecule has 0 bridgehead atoms. The molecule has 0 aromatic heterocycles. The van der Waals surface area contributed by atoms with Crippen LogP contribution >= 0.6 is 11.6 Å². The van der Waals surface area contributed by atoms with Crippen LogP contribution in [0.5, 0.6) is 0 Å². The highest BCUT2D eigenvalue weighted by atomic mass is 35.5. The van der Waals surface area contributed by atoms with Crippen molar-refractivity contribution >= 4 is 23.2 Å². The molecule has 1 aliphatic rings. The lowest BCUT2D eigenvalue weighted by Crippen LogP contribution is -2.43. The molecule has 1 heterocycles. The van der Waals surface area contributed by atoms with E-state index in [9.17, 15) is 14.9 Å². The third-order valence-corrected chi connectivity index (χ3v) is 4.79. The zero-order valence-corrected chi connectivity index (χ0v) is 15.4. The van der Waals surface area contributed by atoms with Crippen molar-refractivity contribution in [1.82, 2.24) is 10.2 Å².